The lowest BCUT2D eigenvalue weighted by Crippen LogP contribution is -2.18. The number of nitrogens with two attached hydrogens (primary N) is 2. The van der Waals surface area contributed by atoms with Gasteiger partial charge in [-0.05, 0) is 18.6 Å². The van der Waals surface area contributed by atoms with Crippen LogP contribution in [0.1, 0.15) is 5.56 Å². The minimum absolute atomic E-state index is 0.692. The first kappa shape index (κ1) is 11.9. The molecule has 0 saturated carbocycles. The molecule has 0 atom stereocenters. The van der Waals surface area contributed by atoms with Crippen LogP contribution in [0.25, 0.3) is 0 Å². The maximum atomic E-state index is 9.83. The third-order valence-corrected chi connectivity index (χ3v) is 1.28. The zero-order valence-corrected chi connectivity index (χ0v) is 7.73. The number of rotatable bonds is 1. The molecule has 0 fully saturated rings. The number of urea groups is 1. The van der Waals surface area contributed by atoms with E-state index in [2.05, 4.69) is 16.5 Å². The monoisotopic (exact) mass is 193 g/mol. The van der Waals surface area contributed by atoms with Crippen LogP contribution in [0.3, 0.4) is 0 Å². The molecule has 5 heteroatoms. The molecule has 2 amide bonds. The number of hydrogen-bond donors (Lipinski definition) is 2. The predicted octanol–water partition coefficient (Wildman–Crippen LogP) is 0.986. The minimum Gasteiger partial charge on any atom is -0.352 e. The summed E-state index contributed by atoms with van der Waals surface area (Å²) in [6.45, 7) is 1.90. The van der Waals surface area contributed by atoms with E-state index in [9.17, 15) is 4.79 Å². The number of isocyanates is 1. The summed E-state index contributed by atoms with van der Waals surface area (Å²) in [6.07, 6.45) is 1.50. The average Bonchev–Trinajstić information content (AvgIpc) is 2.08. The molecule has 0 bridgehead atoms. The van der Waals surface area contributed by atoms with Gasteiger partial charge in [0.2, 0.25) is 6.08 Å². The van der Waals surface area contributed by atoms with Crippen molar-refractivity contribution < 1.29 is 9.59 Å². The first-order valence-electron chi connectivity index (χ1n) is 3.76. The van der Waals surface area contributed by atoms with Gasteiger partial charge in [0.15, 0.2) is 0 Å². The fourth-order valence-electron chi connectivity index (χ4n) is 0.738. The van der Waals surface area contributed by atoms with Crippen molar-refractivity contribution >= 4 is 17.8 Å². The highest BCUT2D eigenvalue weighted by Gasteiger charge is 1.90. The van der Waals surface area contributed by atoms with E-state index in [0.29, 0.717) is 5.69 Å². The summed E-state index contributed by atoms with van der Waals surface area (Å²) >= 11 is 0. The molecule has 14 heavy (non-hydrogen) atoms. The van der Waals surface area contributed by atoms with Crippen LogP contribution < -0.4 is 11.5 Å². The van der Waals surface area contributed by atoms with Gasteiger partial charge in [0.25, 0.3) is 0 Å². The third kappa shape index (κ3) is 5.51. The van der Waals surface area contributed by atoms with Crippen LogP contribution in [0.15, 0.2) is 29.3 Å². The standard InChI is InChI=1S/C8H7NO.CH4N2O/c1-7-4-2-3-5-8(7)9-6-10;2-1(3)4/h2-5H,1H3;(H4,2,3,4). The predicted molar refractivity (Wildman–Crippen MR) is 52.7 cm³/mol. The molecule has 1 rings (SSSR count). The SMILES string of the molecule is Cc1ccccc1N=C=O.NC(N)=O. The molecule has 74 valence electrons. The highest BCUT2D eigenvalue weighted by Crippen LogP contribution is 2.15. The summed E-state index contributed by atoms with van der Waals surface area (Å²) in [5.41, 5.74) is 10.2. The Labute approximate surface area is 81.4 Å². The van der Waals surface area contributed by atoms with Gasteiger partial charge in [-0.3, -0.25) is 0 Å². The first-order chi connectivity index (χ1) is 6.57. The Morgan fingerprint density at radius 2 is 1.86 bits per heavy atom. The lowest BCUT2D eigenvalue weighted by Gasteiger charge is -1.92. The molecule has 0 aliphatic carbocycles. The van der Waals surface area contributed by atoms with Crippen LogP contribution in [0.2, 0.25) is 0 Å². The molecule has 0 aromatic heterocycles. The summed E-state index contributed by atoms with van der Waals surface area (Å²) in [7, 11) is 0. The maximum Gasteiger partial charge on any atom is 0.309 e. The van der Waals surface area contributed by atoms with Crippen molar-refractivity contribution in [1.29, 1.82) is 0 Å². The number of hydrogen-bond acceptors (Lipinski definition) is 3. The highest BCUT2D eigenvalue weighted by molar-refractivity contribution is 5.69. The number of nitrogens with zero attached hydrogens (tertiary/aromatic N) is 1. The van der Waals surface area contributed by atoms with E-state index in [-0.39, 0.29) is 0 Å². The van der Waals surface area contributed by atoms with Crippen LogP contribution in [0, 0.1) is 6.92 Å². The molecule has 0 aliphatic heterocycles. The van der Waals surface area contributed by atoms with Gasteiger partial charge in [-0.1, -0.05) is 18.2 Å². The number of aryl methyl sites for hydroxylation is 1. The lowest BCUT2D eigenvalue weighted by atomic mass is 10.2. The Morgan fingerprint density at radius 1 is 1.36 bits per heavy atom. The van der Waals surface area contributed by atoms with Gasteiger partial charge in [0, 0.05) is 0 Å². The number of para-hydroxylation sites is 1. The minimum atomic E-state index is -0.833. The normalized spacial score (nSPS) is 7.79. The molecule has 4 N–H and O–H groups in total. The Balaban J connectivity index is 0.000000364. The zero-order valence-electron chi connectivity index (χ0n) is 7.73. The molecule has 1 aromatic carbocycles. The van der Waals surface area contributed by atoms with Crippen LogP contribution in [-0.2, 0) is 4.79 Å². The summed E-state index contributed by atoms with van der Waals surface area (Å²) in [4.78, 5) is 22.3. The Bertz CT molecular complexity index is 353. The van der Waals surface area contributed by atoms with Gasteiger partial charge < -0.3 is 11.5 Å². The Morgan fingerprint density at radius 3 is 2.29 bits per heavy atom. The van der Waals surface area contributed by atoms with Crippen molar-refractivity contribution in [2.45, 2.75) is 6.92 Å². The largest absolute Gasteiger partial charge is 0.352 e. The van der Waals surface area contributed by atoms with E-state index < -0.39 is 6.03 Å². The van der Waals surface area contributed by atoms with Crippen molar-refractivity contribution in [1.82, 2.24) is 0 Å². The van der Waals surface area contributed by atoms with E-state index in [0.717, 1.165) is 5.56 Å². The lowest BCUT2D eigenvalue weighted by molar-refractivity contribution is 0.256. The summed E-state index contributed by atoms with van der Waals surface area (Å²) < 4.78 is 0. The Kier molecular flexibility index (Phi) is 5.42. The number of aliphatic imine (C=N–C) groups is 1. The van der Waals surface area contributed by atoms with Gasteiger partial charge in [0.1, 0.15) is 0 Å². The summed E-state index contributed by atoms with van der Waals surface area (Å²) in [6, 6.07) is 6.58. The zero-order chi connectivity index (χ0) is 11.0. The molecule has 1 aromatic rings. The second-order valence-electron chi connectivity index (χ2n) is 2.39. The van der Waals surface area contributed by atoms with Crippen molar-refractivity contribution in [3.8, 4) is 0 Å². The van der Waals surface area contributed by atoms with Gasteiger partial charge >= 0.3 is 6.03 Å². The quantitative estimate of drug-likeness (QED) is 0.513. The molecule has 0 heterocycles. The molecule has 0 aliphatic rings. The van der Waals surface area contributed by atoms with Crippen LogP contribution in [0.5, 0.6) is 0 Å². The van der Waals surface area contributed by atoms with E-state index in [1.54, 1.807) is 6.07 Å². The molecule has 5 nitrogen and oxygen atoms in total. The third-order valence-electron chi connectivity index (χ3n) is 1.28. The highest BCUT2D eigenvalue weighted by atomic mass is 16.2. The number of benzene rings is 1. The first-order valence-corrected chi connectivity index (χ1v) is 3.76. The van der Waals surface area contributed by atoms with Gasteiger partial charge in [-0.2, -0.15) is 4.99 Å². The second kappa shape index (κ2) is 6.39. The second-order valence-corrected chi connectivity index (χ2v) is 2.39. The summed E-state index contributed by atoms with van der Waals surface area (Å²) in [5, 5.41) is 0. The number of carbonyl (C=O) groups is 1. The van der Waals surface area contributed by atoms with E-state index in [1.807, 2.05) is 25.1 Å². The van der Waals surface area contributed by atoms with Crippen molar-refractivity contribution in [3.63, 3.8) is 0 Å². The smallest absolute Gasteiger partial charge is 0.309 e. The molecular weight excluding hydrogens is 182 g/mol. The number of carbonyl (C=O) groups excluding carboxylic acids is 2. The molecule has 0 unspecified atom stereocenters. The van der Waals surface area contributed by atoms with Crippen LogP contribution >= 0.6 is 0 Å². The summed E-state index contributed by atoms with van der Waals surface area (Å²) in [5.74, 6) is 0. The molecule has 0 saturated heterocycles. The maximum absolute atomic E-state index is 9.83. The van der Waals surface area contributed by atoms with Crippen LogP contribution in [-0.4, -0.2) is 12.1 Å². The van der Waals surface area contributed by atoms with Gasteiger partial charge in [-0.25, -0.2) is 9.59 Å². The molecule has 0 spiro atoms. The van der Waals surface area contributed by atoms with E-state index in [1.165, 1.54) is 6.08 Å². The van der Waals surface area contributed by atoms with Crippen molar-refractivity contribution in [2.75, 3.05) is 0 Å². The fourth-order valence-corrected chi connectivity index (χ4v) is 0.738. The van der Waals surface area contributed by atoms with Crippen molar-refractivity contribution in [3.05, 3.63) is 29.8 Å². The van der Waals surface area contributed by atoms with Crippen LogP contribution in [0.4, 0.5) is 10.5 Å². The van der Waals surface area contributed by atoms with Gasteiger partial charge in [0.05, 0.1) is 5.69 Å². The van der Waals surface area contributed by atoms with E-state index in [4.69, 9.17) is 4.79 Å². The van der Waals surface area contributed by atoms with Crippen molar-refractivity contribution in [2.24, 2.45) is 16.5 Å². The average molecular weight is 193 g/mol. The number of primary amides is 2. The topological polar surface area (TPSA) is 98.5 Å². The molecule has 0 radical (unpaired) electrons. The number of amides is 2. The van der Waals surface area contributed by atoms with E-state index >= 15 is 0 Å². The van der Waals surface area contributed by atoms with Gasteiger partial charge in [-0.15, -0.1) is 0 Å². The Hall–Kier alpha value is -2.13. The molecular formula is C9H11N3O2. The fraction of sp³-hybridized carbons (Fsp3) is 0.111.